The first-order chi connectivity index (χ1) is 19.2. The number of nitrogens with zero attached hydrogens (tertiary/aromatic N) is 3. The highest BCUT2D eigenvalue weighted by atomic mass is 16.5. The summed E-state index contributed by atoms with van der Waals surface area (Å²) in [4.78, 5) is 54.1. The number of carbonyl (C=O) groups is 4. The number of hydrogen-bond donors (Lipinski definition) is 2. The van der Waals surface area contributed by atoms with Gasteiger partial charge in [-0.05, 0) is 23.6 Å². The number of hydrogen-bond acceptors (Lipinski definition) is 7. The molecule has 0 aliphatic carbocycles. The highest BCUT2D eigenvalue weighted by Crippen LogP contribution is 2.15. The van der Waals surface area contributed by atoms with Crippen molar-refractivity contribution in [3.63, 3.8) is 0 Å². The Labute approximate surface area is 235 Å². The Morgan fingerprint density at radius 3 is 1.98 bits per heavy atom. The zero-order valence-electron chi connectivity index (χ0n) is 23.3. The van der Waals surface area contributed by atoms with E-state index in [0.29, 0.717) is 5.69 Å². The summed E-state index contributed by atoms with van der Waals surface area (Å²) in [5.74, 6) is -1.41. The molecular formula is C29H37N5O6. The molecule has 0 saturated carbocycles. The zero-order chi connectivity index (χ0) is 29.5. The minimum Gasteiger partial charge on any atom is -0.467 e. The van der Waals surface area contributed by atoms with Crippen LogP contribution >= 0.6 is 0 Å². The molecule has 0 radical (unpaired) electrons. The summed E-state index contributed by atoms with van der Waals surface area (Å²) in [6.07, 6.45) is 0.277. The molecule has 0 aliphatic rings. The third-order valence-electron chi connectivity index (χ3n) is 6.15. The molecule has 2 atom stereocenters. The van der Waals surface area contributed by atoms with Gasteiger partial charge in [-0.1, -0.05) is 62.4 Å². The van der Waals surface area contributed by atoms with Crippen LogP contribution in [0, 0.1) is 17.2 Å². The van der Waals surface area contributed by atoms with Gasteiger partial charge in [0.05, 0.1) is 26.7 Å². The fourth-order valence-electron chi connectivity index (χ4n) is 3.94. The average molecular weight is 552 g/mol. The molecule has 2 aromatic carbocycles. The quantitative estimate of drug-likeness (QED) is 0.365. The number of para-hydroxylation sites is 1. The standard InChI is InChI=1S/C29H37N5O6/c1-21(2)25(27(36)40-4)32-28(37)33(17-11-16-30)18-19-34(23-14-9-6-10-15-23)29(38)31-24(26(35)39-3)20-22-12-7-5-8-13-22/h5-10,12-15,21,24-25H,11,17-20H2,1-4H3,(H,31,38)(H,32,37)/t24-,25+/m0/s1. The van der Waals surface area contributed by atoms with Crippen molar-refractivity contribution < 1.29 is 28.7 Å². The lowest BCUT2D eigenvalue weighted by molar-refractivity contribution is -0.144. The number of anilines is 1. The van der Waals surface area contributed by atoms with E-state index in [0.717, 1.165) is 5.56 Å². The molecule has 0 heterocycles. The maximum absolute atomic E-state index is 13.5. The number of amides is 4. The van der Waals surface area contributed by atoms with Gasteiger partial charge in [0.15, 0.2) is 0 Å². The second-order valence-corrected chi connectivity index (χ2v) is 9.29. The van der Waals surface area contributed by atoms with E-state index in [1.54, 1.807) is 44.2 Å². The summed E-state index contributed by atoms with van der Waals surface area (Å²) in [5.41, 5.74) is 1.38. The Balaban J connectivity index is 2.26. The highest BCUT2D eigenvalue weighted by Gasteiger charge is 2.29. The Kier molecular flexibility index (Phi) is 13.0. The number of esters is 2. The summed E-state index contributed by atoms with van der Waals surface area (Å²) in [5, 5.41) is 14.6. The molecule has 11 heteroatoms. The maximum atomic E-state index is 13.5. The molecule has 40 heavy (non-hydrogen) atoms. The van der Waals surface area contributed by atoms with Crippen LogP contribution in [0.2, 0.25) is 0 Å². The highest BCUT2D eigenvalue weighted by molar-refractivity contribution is 5.95. The summed E-state index contributed by atoms with van der Waals surface area (Å²) < 4.78 is 9.74. The van der Waals surface area contributed by atoms with Crippen molar-refractivity contribution in [2.24, 2.45) is 5.92 Å². The smallest absolute Gasteiger partial charge is 0.328 e. The van der Waals surface area contributed by atoms with Crippen LogP contribution in [0.15, 0.2) is 60.7 Å². The summed E-state index contributed by atoms with van der Waals surface area (Å²) in [7, 11) is 2.50. The van der Waals surface area contributed by atoms with E-state index in [9.17, 15) is 19.2 Å². The van der Waals surface area contributed by atoms with Crippen LogP contribution in [0.3, 0.4) is 0 Å². The van der Waals surface area contributed by atoms with E-state index in [-0.39, 0.29) is 38.4 Å². The number of urea groups is 2. The van der Waals surface area contributed by atoms with E-state index >= 15 is 0 Å². The lowest BCUT2D eigenvalue weighted by Crippen LogP contribution is -2.54. The molecule has 2 N–H and O–H groups in total. The summed E-state index contributed by atoms with van der Waals surface area (Å²) in [6, 6.07) is 17.1. The van der Waals surface area contributed by atoms with Crippen molar-refractivity contribution in [1.29, 1.82) is 5.26 Å². The van der Waals surface area contributed by atoms with Crippen LogP contribution in [0.5, 0.6) is 0 Å². The molecule has 2 rings (SSSR count). The van der Waals surface area contributed by atoms with E-state index in [1.165, 1.54) is 24.0 Å². The normalized spacial score (nSPS) is 11.9. The molecule has 2 aromatic rings. The van der Waals surface area contributed by atoms with Gasteiger partial charge in [0, 0.05) is 31.7 Å². The second kappa shape index (κ2) is 16.4. The predicted molar refractivity (Wildman–Crippen MR) is 149 cm³/mol. The van der Waals surface area contributed by atoms with E-state index in [1.807, 2.05) is 36.4 Å². The van der Waals surface area contributed by atoms with Crippen molar-refractivity contribution in [2.75, 3.05) is 38.8 Å². The van der Waals surface area contributed by atoms with Crippen molar-refractivity contribution in [3.05, 3.63) is 66.2 Å². The van der Waals surface area contributed by atoms with E-state index in [2.05, 4.69) is 10.6 Å². The van der Waals surface area contributed by atoms with Gasteiger partial charge in [0.25, 0.3) is 0 Å². The van der Waals surface area contributed by atoms with E-state index < -0.39 is 36.1 Å². The number of benzene rings is 2. The molecule has 0 fully saturated rings. The van der Waals surface area contributed by atoms with Gasteiger partial charge in [-0.25, -0.2) is 19.2 Å². The first kappa shape index (κ1) is 31.6. The predicted octanol–water partition coefficient (Wildman–Crippen LogP) is 3.11. The number of rotatable bonds is 13. The number of nitriles is 1. The number of carbonyl (C=O) groups excluding carboxylic acids is 4. The molecule has 0 aromatic heterocycles. The van der Waals surface area contributed by atoms with Gasteiger partial charge < -0.3 is 25.0 Å². The molecule has 11 nitrogen and oxygen atoms in total. The van der Waals surface area contributed by atoms with Gasteiger partial charge in [0.1, 0.15) is 12.1 Å². The molecule has 0 spiro atoms. The summed E-state index contributed by atoms with van der Waals surface area (Å²) >= 11 is 0. The topological polar surface area (TPSA) is 141 Å². The van der Waals surface area contributed by atoms with Crippen molar-refractivity contribution >= 4 is 29.7 Å². The minimum atomic E-state index is -0.948. The largest absolute Gasteiger partial charge is 0.467 e. The monoisotopic (exact) mass is 551 g/mol. The fourth-order valence-corrected chi connectivity index (χ4v) is 3.94. The molecule has 0 unspecified atom stereocenters. The Morgan fingerprint density at radius 2 is 1.43 bits per heavy atom. The van der Waals surface area contributed by atoms with Crippen LogP contribution in [0.4, 0.5) is 15.3 Å². The first-order valence-electron chi connectivity index (χ1n) is 13.0. The fraction of sp³-hybridized carbons (Fsp3) is 0.414. The van der Waals surface area contributed by atoms with Crippen LogP contribution in [-0.2, 0) is 25.5 Å². The zero-order valence-corrected chi connectivity index (χ0v) is 23.3. The molecular weight excluding hydrogens is 514 g/mol. The average Bonchev–Trinajstić information content (AvgIpc) is 2.97. The Morgan fingerprint density at radius 1 is 0.825 bits per heavy atom. The lowest BCUT2D eigenvalue weighted by atomic mass is 10.1. The second-order valence-electron chi connectivity index (χ2n) is 9.29. The number of methoxy groups -OCH3 is 2. The minimum absolute atomic E-state index is 0.0402. The maximum Gasteiger partial charge on any atom is 0.328 e. The Hall–Kier alpha value is -4.59. The van der Waals surface area contributed by atoms with Gasteiger partial charge >= 0.3 is 24.0 Å². The molecule has 0 bridgehead atoms. The lowest BCUT2D eigenvalue weighted by Gasteiger charge is -2.30. The molecule has 0 aliphatic heterocycles. The first-order valence-corrected chi connectivity index (χ1v) is 13.0. The molecule has 214 valence electrons. The summed E-state index contributed by atoms with van der Waals surface area (Å²) in [6.45, 7) is 3.71. The van der Waals surface area contributed by atoms with Crippen LogP contribution in [0.1, 0.15) is 25.8 Å². The van der Waals surface area contributed by atoms with Gasteiger partial charge in [0.2, 0.25) is 0 Å². The van der Waals surface area contributed by atoms with E-state index in [4.69, 9.17) is 14.7 Å². The van der Waals surface area contributed by atoms with Crippen molar-refractivity contribution in [1.82, 2.24) is 15.5 Å². The van der Waals surface area contributed by atoms with Crippen LogP contribution < -0.4 is 15.5 Å². The van der Waals surface area contributed by atoms with Gasteiger partial charge in [-0.3, -0.25) is 4.90 Å². The number of ether oxygens (including phenoxy) is 2. The third kappa shape index (κ3) is 9.62. The number of nitrogens with one attached hydrogen (secondary N) is 2. The third-order valence-corrected chi connectivity index (χ3v) is 6.15. The van der Waals surface area contributed by atoms with Gasteiger partial charge in [-0.15, -0.1) is 0 Å². The SMILES string of the molecule is COC(=O)[C@H](Cc1ccccc1)NC(=O)N(CCN(CCC#N)C(=O)N[C@@H](C(=O)OC)C(C)C)c1ccccc1. The molecule has 0 saturated heterocycles. The van der Waals surface area contributed by atoms with Crippen LogP contribution in [0.25, 0.3) is 0 Å². The molecule has 4 amide bonds. The van der Waals surface area contributed by atoms with Crippen molar-refractivity contribution in [3.8, 4) is 6.07 Å². The van der Waals surface area contributed by atoms with Crippen LogP contribution in [-0.4, -0.2) is 74.8 Å². The van der Waals surface area contributed by atoms with Gasteiger partial charge in [-0.2, -0.15) is 5.26 Å². The van der Waals surface area contributed by atoms with Crippen molar-refractivity contribution in [2.45, 2.75) is 38.8 Å². The Bertz CT molecular complexity index is 1150.